The zero-order chi connectivity index (χ0) is 25.7. The molecule has 1 atom stereocenters. The van der Waals surface area contributed by atoms with Crippen molar-refractivity contribution in [3.8, 4) is 16.9 Å². The molecule has 0 N–H and O–H groups in total. The Hall–Kier alpha value is -1.76. The van der Waals surface area contributed by atoms with Crippen molar-refractivity contribution in [2.24, 2.45) is 5.92 Å². The SMILES string of the molecule is CCCCCCCCCCCCCCCCCCOc1ccc(-c2ccc(CC(C)CC)cc2)cc1. The van der Waals surface area contributed by atoms with E-state index < -0.39 is 0 Å². The molecule has 0 radical (unpaired) electrons. The molecule has 2 rings (SSSR count). The van der Waals surface area contributed by atoms with E-state index in [1.807, 2.05) is 0 Å². The summed E-state index contributed by atoms with van der Waals surface area (Å²) in [7, 11) is 0. The number of ether oxygens (including phenoxy) is 1. The van der Waals surface area contributed by atoms with Crippen LogP contribution in [0.4, 0.5) is 0 Å². The first kappa shape index (κ1) is 30.5. The van der Waals surface area contributed by atoms with Crippen LogP contribution in [0.1, 0.15) is 135 Å². The summed E-state index contributed by atoms with van der Waals surface area (Å²) in [5.74, 6) is 1.75. The van der Waals surface area contributed by atoms with Gasteiger partial charge in [0.2, 0.25) is 0 Å². The third-order valence-corrected chi connectivity index (χ3v) is 7.69. The maximum Gasteiger partial charge on any atom is 0.119 e. The lowest BCUT2D eigenvalue weighted by Crippen LogP contribution is -1.97. The van der Waals surface area contributed by atoms with Crippen LogP contribution in [0, 0.1) is 5.92 Å². The molecule has 36 heavy (non-hydrogen) atoms. The molecular weight excluding hydrogens is 436 g/mol. The molecule has 0 bridgehead atoms. The highest BCUT2D eigenvalue weighted by Gasteiger charge is 2.03. The fourth-order valence-electron chi connectivity index (χ4n) is 4.96. The van der Waals surface area contributed by atoms with Crippen LogP contribution in [-0.2, 0) is 6.42 Å². The molecule has 0 fully saturated rings. The largest absolute Gasteiger partial charge is 0.494 e. The first-order chi connectivity index (χ1) is 17.7. The number of benzene rings is 2. The van der Waals surface area contributed by atoms with Crippen molar-refractivity contribution in [1.82, 2.24) is 0 Å². The number of unbranched alkanes of at least 4 members (excludes halogenated alkanes) is 15. The molecule has 2 aromatic rings. The molecule has 0 saturated heterocycles. The summed E-state index contributed by atoms with van der Waals surface area (Å²) < 4.78 is 5.99. The van der Waals surface area contributed by atoms with Gasteiger partial charge < -0.3 is 4.74 Å². The van der Waals surface area contributed by atoms with Gasteiger partial charge in [-0.15, -0.1) is 0 Å². The van der Waals surface area contributed by atoms with Gasteiger partial charge in [0.25, 0.3) is 0 Å². The smallest absolute Gasteiger partial charge is 0.119 e. The van der Waals surface area contributed by atoms with Gasteiger partial charge in [-0.25, -0.2) is 0 Å². The molecule has 0 amide bonds. The van der Waals surface area contributed by atoms with Crippen LogP contribution in [0.5, 0.6) is 5.75 Å². The second kappa shape index (κ2) is 20.3. The lowest BCUT2D eigenvalue weighted by atomic mass is 9.97. The van der Waals surface area contributed by atoms with Gasteiger partial charge in [-0.05, 0) is 47.6 Å². The standard InChI is InChI=1S/C35H56O/c1-4-6-7-8-9-10-11-12-13-14-15-16-17-18-19-20-29-36-35-27-25-34(26-28-35)33-23-21-32(22-24-33)30-31(3)5-2/h21-28,31H,4-20,29-30H2,1-3H3. The van der Waals surface area contributed by atoms with Crippen LogP contribution >= 0.6 is 0 Å². The highest BCUT2D eigenvalue weighted by atomic mass is 16.5. The zero-order valence-electron chi connectivity index (χ0n) is 24.0. The van der Waals surface area contributed by atoms with Gasteiger partial charge in [0.05, 0.1) is 6.61 Å². The van der Waals surface area contributed by atoms with Gasteiger partial charge in [-0.2, -0.15) is 0 Å². The minimum absolute atomic E-state index is 0.752. The van der Waals surface area contributed by atoms with Crippen molar-refractivity contribution in [3.63, 3.8) is 0 Å². The topological polar surface area (TPSA) is 9.23 Å². The van der Waals surface area contributed by atoms with Crippen molar-refractivity contribution in [3.05, 3.63) is 54.1 Å². The van der Waals surface area contributed by atoms with Gasteiger partial charge in [-0.3, -0.25) is 0 Å². The minimum Gasteiger partial charge on any atom is -0.494 e. The summed E-state index contributed by atoms with van der Waals surface area (Å²) in [4.78, 5) is 0. The van der Waals surface area contributed by atoms with Gasteiger partial charge in [0, 0.05) is 0 Å². The van der Waals surface area contributed by atoms with Crippen LogP contribution in [0.15, 0.2) is 48.5 Å². The highest BCUT2D eigenvalue weighted by molar-refractivity contribution is 5.64. The summed E-state index contributed by atoms with van der Waals surface area (Å²) in [5, 5.41) is 0. The summed E-state index contributed by atoms with van der Waals surface area (Å²) in [6.45, 7) is 7.72. The Bertz CT molecular complexity index is 745. The summed E-state index contributed by atoms with van der Waals surface area (Å²) in [6, 6.07) is 17.7. The van der Waals surface area contributed by atoms with E-state index in [9.17, 15) is 0 Å². The maximum absolute atomic E-state index is 5.99. The average molecular weight is 493 g/mol. The molecular formula is C35H56O. The molecule has 1 heteroatoms. The molecule has 2 aromatic carbocycles. The number of hydrogen-bond acceptors (Lipinski definition) is 1. The van der Waals surface area contributed by atoms with E-state index in [0.717, 1.165) is 24.7 Å². The molecule has 0 aliphatic heterocycles. The third kappa shape index (κ3) is 14.1. The van der Waals surface area contributed by atoms with Crippen molar-refractivity contribution in [2.45, 2.75) is 136 Å². The summed E-state index contributed by atoms with van der Waals surface area (Å²) in [5.41, 5.74) is 3.99. The Morgan fingerprint density at radius 3 is 1.39 bits per heavy atom. The van der Waals surface area contributed by atoms with E-state index in [2.05, 4.69) is 69.3 Å². The first-order valence-corrected chi connectivity index (χ1v) is 15.5. The molecule has 0 aromatic heterocycles. The molecule has 1 nitrogen and oxygen atoms in total. The second-order valence-corrected chi connectivity index (χ2v) is 11.1. The van der Waals surface area contributed by atoms with Crippen LogP contribution in [0.2, 0.25) is 0 Å². The van der Waals surface area contributed by atoms with Gasteiger partial charge in [0.1, 0.15) is 5.75 Å². The monoisotopic (exact) mass is 492 g/mol. The van der Waals surface area contributed by atoms with Crippen molar-refractivity contribution >= 4 is 0 Å². The van der Waals surface area contributed by atoms with Crippen LogP contribution in [-0.4, -0.2) is 6.61 Å². The number of rotatable bonds is 22. The third-order valence-electron chi connectivity index (χ3n) is 7.69. The zero-order valence-corrected chi connectivity index (χ0v) is 24.0. The second-order valence-electron chi connectivity index (χ2n) is 11.1. The van der Waals surface area contributed by atoms with E-state index in [1.165, 1.54) is 126 Å². The fourth-order valence-corrected chi connectivity index (χ4v) is 4.96. The number of hydrogen-bond donors (Lipinski definition) is 0. The molecule has 0 aliphatic carbocycles. The highest BCUT2D eigenvalue weighted by Crippen LogP contribution is 2.24. The van der Waals surface area contributed by atoms with E-state index in [1.54, 1.807) is 0 Å². The first-order valence-electron chi connectivity index (χ1n) is 15.5. The van der Waals surface area contributed by atoms with Gasteiger partial charge in [-0.1, -0.05) is 160 Å². The van der Waals surface area contributed by atoms with E-state index in [0.29, 0.717) is 0 Å². The summed E-state index contributed by atoms with van der Waals surface area (Å²) in [6.07, 6.45) is 24.9. The Morgan fingerprint density at radius 1 is 0.528 bits per heavy atom. The van der Waals surface area contributed by atoms with Crippen molar-refractivity contribution in [1.29, 1.82) is 0 Å². The van der Waals surface area contributed by atoms with Crippen LogP contribution in [0.3, 0.4) is 0 Å². The minimum atomic E-state index is 0.752. The van der Waals surface area contributed by atoms with E-state index in [4.69, 9.17) is 4.74 Å². The Kier molecular flexibility index (Phi) is 17.2. The Labute approximate surface area is 224 Å². The normalized spacial score (nSPS) is 12.1. The molecule has 0 spiro atoms. The Balaban J connectivity index is 1.44. The van der Waals surface area contributed by atoms with Crippen LogP contribution < -0.4 is 4.74 Å². The lowest BCUT2D eigenvalue weighted by molar-refractivity contribution is 0.304. The molecule has 0 aliphatic rings. The van der Waals surface area contributed by atoms with E-state index >= 15 is 0 Å². The van der Waals surface area contributed by atoms with Crippen molar-refractivity contribution < 1.29 is 4.74 Å². The molecule has 0 heterocycles. The lowest BCUT2D eigenvalue weighted by Gasteiger charge is -2.10. The maximum atomic E-state index is 5.99. The molecule has 1 unspecified atom stereocenters. The van der Waals surface area contributed by atoms with Gasteiger partial charge >= 0.3 is 0 Å². The molecule has 202 valence electrons. The van der Waals surface area contributed by atoms with Gasteiger partial charge in [0.15, 0.2) is 0 Å². The van der Waals surface area contributed by atoms with E-state index in [-0.39, 0.29) is 0 Å². The predicted octanol–water partition coefficient (Wildman–Crippen LogP) is 11.6. The molecule has 0 saturated carbocycles. The van der Waals surface area contributed by atoms with Crippen LogP contribution in [0.25, 0.3) is 11.1 Å². The fraction of sp³-hybridized carbons (Fsp3) is 0.657. The predicted molar refractivity (Wildman–Crippen MR) is 160 cm³/mol. The summed E-state index contributed by atoms with van der Waals surface area (Å²) >= 11 is 0. The average Bonchev–Trinajstić information content (AvgIpc) is 2.91. The van der Waals surface area contributed by atoms with Crippen molar-refractivity contribution in [2.75, 3.05) is 6.61 Å². The quantitative estimate of drug-likeness (QED) is 0.148. The Morgan fingerprint density at radius 2 is 0.944 bits per heavy atom.